The molecule has 0 aromatic heterocycles. The summed E-state index contributed by atoms with van der Waals surface area (Å²) < 4.78 is 0. The molecule has 2 rings (SSSR count). The Morgan fingerprint density at radius 3 is 2.47 bits per heavy atom. The van der Waals surface area contributed by atoms with Crippen LogP contribution in [-0.4, -0.2) is 23.5 Å². The van der Waals surface area contributed by atoms with Crippen LogP contribution in [-0.2, 0) is 9.59 Å². The van der Waals surface area contributed by atoms with Gasteiger partial charge in [0.2, 0.25) is 5.91 Å². The average Bonchev–Trinajstić information content (AvgIpc) is 2.99. The van der Waals surface area contributed by atoms with Crippen molar-refractivity contribution >= 4 is 11.9 Å². The fraction of sp³-hybridized carbons (Fsp3) is 0.846. The number of hydrogen-bond donors (Lipinski definition) is 2. The molecule has 0 aromatic carbocycles. The number of nitrogens with one attached hydrogen (secondary N) is 1. The van der Waals surface area contributed by atoms with Gasteiger partial charge in [-0.15, -0.1) is 0 Å². The van der Waals surface area contributed by atoms with Crippen molar-refractivity contribution in [1.82, 2.24) is 5.32 Å². The molecule has 2 N–H and O–H groups in total. The highest BCUT2D eigenvalue weighted by atomic mass is 16.4. The Hall–Kier alpha value is -1.06. The van der Waals surface area contributed by atoms with E-state index in [1.807, 2.05) is 6.92 Å². The second-order valence-corrected chi connectivity index (χ2v) is 5.65. The summed E-state index contributed by atoms with van der Waals surface area (Å²) in [6, 6.07) is 0. The summed E-state index contributed by atoms with van der Waals surface area (Å²) in [7, 11) is 0. The Morgan fingerprint density at radius 1 is 1.24 bits per heavy atom. The Labute approximate surface area is 102 Å². The molecule has 1 amide bonds. The molecule has 0 aromatic rings. The van der Waals surface area contributed by atoms with Gasteiger partial charge in [0.15, 0.2) is 0 Å². The minimum Gasteiger partial charge on any atom is -0.481 e. The highest BCUT2D eigenvalue weighted by molar-refractivity contribution is 5.85. The number of rotatable bonds is 5. The highest BCUT2D eigenvalue weighted by Crippen LogP contribution is 2.36. The van der Waals surface area contributed by atoms with E-state index in [0.29, 0.717) is 25.3 Å². The number of carbonyl (C=O) groups excluding carboxylic acids is 1. The van der Waals surface area contributed by atoms with Gasteiger partial charge in [-0.3, -0.25) is 9.59 Å². The molecule has 0 saturated heterocycles. The lowest BCUT2D eigenvalue weighted by molar-refractivity contribution is -0.146. The number of amides is 1. The minimum absolute atomic E-state index is 0.0533. The monoisotopic (exact) mass is 239 g/mol. The summed E-state index contributed by atoms with van der Waals surface area (Å²) >= 11 is 0. The van der Waals surface area contributed by atoms with Crippen LogP contribution in [0.3, 0.4) is 0 Å². The predicted molar refractivity (Wildman–Crippen MR) is 63.4 cm³/mol. The molecule has 2 aliphatic rings. The van der Waals surface area contributed by atoms with E-state index < -0.39 is 11.9 Å². The summed E-state index contributed by atoms with van der Waals surface area (Å²) in [6.45, 7) is 2.73. The van der Waals surface area contributed by atoms with Gasteiger partial charge in [-0.1, -0.05) is 19.8 Å². The maximum Gasteiger partial charge on any atom is 0.307 e. The first-order valence-electron chi connectivity index (χ1n) is 6.58. The number of aliphatic carboxylic acids is 1. The molecule has 4 nitrogen and oxygen atoms in total. The van der Waals surface area contributed by atoms with E-state index in [9.17, 15) is 9.59 Å². The molecular weight excluding hydrogens is 218 g/mol. The van der Waals surface area contributed by atoms with Crippen LogP contribution in [0, 0.1) is 23.7 Å². The average molecular weight is 239 g/mol. The fourth-order valence-corrected chi connectivity index (χ4v) is 2.79. The summed E-state index contributed by atoms with van der Waals surface area (Å²) in [5, 5.41) is 12.0. The third-order valence-corrected chi connectivity index (χ3v) is 4.00. The second-order valence-electron chi connectivity index (χ2n) is 5.65. The summed E-state index contributed by atoms with van der Waals surface area (Å²) in [5.41, 5.74) is 0. The SMILES string of the molecule is CC1CC(C(=O)O)C(C(=O)NCCC2CC2)C1. The van der Waals surface area contributed by atoms with Gasteiger partial charge in [-0.05, 0) is 31.1 Å². The molecule has 17 heavy (non-hydrogen) atoms. The number of carboxylic acids is 1. The zero-order valence-corrected chi connectivity index (χ0v) is 10.3. The molecule has 4 heteroatoms. The third-order valence-electron chi connectivity index (χ3n) is 4.00. The zero-order chi connectivity index (χ0) is 12.4. The first kappa shape index (κ1) is 12.4. The van der Waals surface area contributed by atoms with Gasteiger partial charge in [-0.25, -0.2) is 0 Å². The number of carbonyl (C=O) groups is 2. The van der Waals surface area contributed by atoms with Crippen molar-refractivity contribution in [2.75, 3.05) is 6.54 Å². The molecule has 96 valence electrons. The van der Waals surface area contributed by atoms with Crippen LogP contribution in [0.25, 0.3) is 0 Å². The third kappa shape index (κ3) is 3.20. The number of carboxylic acid groups (broad SMARTS) is 1. The molecule has 2 saturated carbocycles. The second kappa shape index (κ2) is 5.07. The Morgan fingerprint density at radius 2 is 1.88 bits per heavy atom. The maximum atomic E-state index is 11.9. The van der Waals surface area contributed by atoms with Crippen LogP contribution in [0.15, 0.2) is 0 Å². The van der Waals surface area contributed by atoms with Gasteiger partial charge in [0.05, 0.1) is 11.8 Å². The molecule has 0 bridgehead atoms. The van der Waals surface area contributed by atoms with Gasteiger partial charge < -0.3 is 10.4 Å². The molecule has 3 unspecified atom stereocenters. The Balaban J connectivity index is 1.81. The van der Waals surface area contributed by atoms with E-state index in [1.54, 1.807) is 0 Å². The van der Waals surface area contributed by atoms with Crippen LogP contribution >= 0.6 is 0 Å². The summed E-state index contributed by atoms with van der Waals surface area (Å²) in [6.07, 6.45) is 4.97. The molecule has 0 spiro atoms. The normalized spacial score (nSPS) is 32.4. The molecule has 2 fully saturated rings. The van der Waals surface area contributed by atoms with Crippen molar-refractivity contribution < 1.29 is 14.7 Å². The van der Waals surface area contributed by atoms with E-state index in [2.05, 4.69) is 5.32 Å². The van der Waals surface area contributed by atoms with E-state index in [-0.39, 0.29) is 11.8 Å². The largest absolute Gasteiger partial charge is 0.481 e. The van der Waals surface area contributed by atoms with Gasteiger partial charge in [0, 0.05) is 6.54 Å². The van der Waals surface area contributed by atoms with Crippen molar-refractivity contribution in [3.8, 4) is 0 Å². The van der Waals surface area contributed by atoms with Gasteiger partial charge in [0.1, 0.15) is 0 Å². The first-order chi connectivity index (χ1) is 8.08. The molecular formula is C13H21NO3. The lowest BCUT2D eigenvalue weighted by Crippen LogP contribution is -2.35. The van der Waals surface area contributed by atoms with Gasteiger partial charge in [0.25, 0.3) is 0 Å². The van der Waals surface area contributed by atoms with Crippen molar-refractivity contribution in [2.24, 2.45) is 23.7 Å². The van der Waals surface area contributed by atoms with Crippen LogP contribution in [0.4, 0.5) is 0 Å². The summed E-state index contributed by atoms with van der Waals surface area (Å²) in [4.78, 5) is 23.0. The first-order valence-corrected chi connectivity index (χ1v) is 6.58. The summed E-state index contributed by atoms with van der Waals surface area (Å²) in [5.74, 6) is -0.532. The predicted octanol–water partition coefficient (Wildman–Crippen LogP) is 1.65. The van der Waals surface area contributed by atoms with Crippen LogP contribution in [0.2, 0.25) is 0 Å². The van der Waals surface area contributed by atoms with Crippen molar-refractivity contribution in [3.05, 3.63) is 0 Å². The van der Waals surface area contributed by atoms with E-state index >= 15 is 0 Å². The minimum atomic E-state index is -0.823. The quantitative estimate of drug-likeness (QED) is 0.766. The molecule has 0 heterocycles. The van der Waals surface area contributed by atoms with Crippen LogP contribution < -0.4 is 5.32 Å². The van der Waals surface area contributed by atoms with Crippen molar-refractivity contribution in [1.29, 1.82) is 0 Å². The zero-order valence-electron chi connectivity index (χ0n) is 10.3. The van der Waals surface area contributed by atoms with Crippen molar-refractivity contribution in [3.63, 3.8) is 0 Å². The van der Waals surface area contributed by atoms with Crippen LogP contribution in [0.5, 0.6) is 0 Å². The molecule has 2 aliphatic carbocycles. The highest BCUT2D eigenvalue weighted by Gasteiger charge is 2.41. The lowest BCUT2D eigenvalue weighted by Gasteiger charge is -2.15. The maximum absolute atomic E-state index is 11.9. The molecule has 3 atom stereocenters. The standard InChI is InChI=1S/C13H21NO3/c1-8-6-10(11(7-8)13(16)17)12(15)14-5-4-9-2-3-9/h8-11H,2-7H2,1H3,(H,14,15)(H,16,17). The van der Waals surface area contributed by atoms with E-state index in [0.717, 1.165) is 12.3 Å². The Bertz CT molecular complexity index is 312. The van der Waals surface area contributed by atoms with Gasteiger partial charge in [-0.2, -0.15) is 0 Å². The van der Waals surface area contributed by atoms with Crippen LogP contribution in [0.1, 0.15) is 39.0 Å². The molecule has 0 aliphatic heterocycles. The van der Waals surface area contributed by atoms with E-state index in [4.69, 9.17) is 5.11 Å². The smallest absolute Gasteiger partial charge is 0.307 e. The van der Waals surface area contributed by atoms with Crippen molar-refractivity contribution in [2.45, 2.75) is 39.0 Å². The van der Waals surface area contributed by atoms with Gasteiger partial charge >= 0.3 is 5.97 Å². The molecule has 0 radical (unpaired) electrons. The lowest BCUT2D eigenvalue weighted by atomic mass is 9.95. The topological polar surface area (TPSA) is 66.4 Å². The van der Waals surface area contributed by atoms with E-state index in [1.165, 1.54) is 12.8 Å². The Kier molecular flexibility index (Phi) is 3.69. The number of hydrogen-bond acceptors (Lipinski definition) is 2. The fourth-order valence-electron chi connectivity index (χ4n) is 2.79.